The highest BCUT2D eigenvalue weighted by atomic mass is 32.2. The molecule has 0 aliphatic carbocycles. The molecule has 0 heterocycles. The molecule has 0 saturated carbocycles. The monoisotopic (exact) mass is 392 g/mol. The molecule has 0 aromatic heterocycles. The molecule has 0 aliphatic heterocycles. The van der Waals surface area contributed by atoms with E-state index in [-0.39, 0.29) is 4.90 Å². The standard InChI is InChI=1S/C10H10.C8H8.C6H6O3S/c1-3-9-5-7-10(4-2)8-6-9;1-2-8-6-4-3-5-7-8;7-10(8,9)6-4-2-1-3-5-6/h3-8H,1-2H2;2-7H,1H2;1-5H,(H,7,8,9). The first-order valence-electron chi connectivity index (χ1n) is 8.45. The molecule has 144 valence electrons. The van der Waals surface area contributed by atoms with Crippen LogP contribution in [0.3, 0.4) is 0 Å². The lowest BCUT2D eigenvalue weighted by molar-refractivity contribution is 0.483. The second-order valence-corrected chi connectivity index (χ2v) is 6.90. The lowest BCUT2D eigenvalue weighted by Gasteiger charge is -1.92. The van der Waals surface area contributed by atoms with Crippen molar-refractivity contribution in [3.63, 3.8) is 0 Å². The summed E-state index contributed by atoms with van der Waals surface area (Å²) in [5, 5.41) is 0. The van der Waals surface area contributed by atoms with E-state index in [1.807, 2.05) is 72.8 Å². The molecule has 0 fully saturated rings. The van der Waals surface area contributed by atoms with Gasteiger partial charge in [0.2, 0.25) is 0 Å². The Balaban J connectivity index is 0.000000212. The molecular formula is C24H24O3S. The molecule has 4 heteroatoms. The van der Waals surface area contributed by atoms with Gasteiger partial charge in [-0.1, -0.05) is 111 Å². The minimum absolute atomic E-state index is 0.0741. The van der Waals surface area contributed by atoms with Gasteiger partial charge in [-0.2, -0.15) is 8.42 Å². The molecule has 0 spiro atoms. The first-order chi connectivity index (χ1) is 13.4. The second-order valence-electron chi connectivity index (χ2n) is 5.48. The Morgan fingerprint density at radius 1 is 0.571 bits per heavy atom. The highest BCUT2D eigenvalue weighted by Gasteiger charge is 2.05. The van der Waals surface area contributed by atoms with E-state index in [1.165, 1.54) is 17.7 Å². The molecule has 0 unspecified atom stereocenters. The fourth-order valence-corrected chi connectivity index (χ4v) is 2.45. The van der Waals surface area contributed by atoms with Gasteiger partial charge in [-0.25, -0.2) is 0 Å². The lowest BCUT2D eigenvalue weighted by Crippen LogP contribution is -1.96. The van der Waals surface area contributed by atoms with Crippen LogP contribution in [-0.2, 0) is 10.1 Å². The fourth-order valence-electron chi connectivity index (χ4n) is 1.95. The molecule has 3 nitrogen and oxygen atoms in total. The predicted octanol–water partition coefficient (Wildman–Crippen LogP) is 6.24. The van der Waals surface area contributed by atoms with Crippen LogP contribution >= 0.6 is 0 Å². The molecule has 0 atom stereocenters. The van der Waals surface area contributed by atoms with Crippen LogP contribution in [-0.4, -0.2) is 13.0 Å². The molecule has 3 rings (SSSR count). The summed E-state index contributed by atoms with van der Waals surface area (Å²) >= 11 is 0. The van der Waals surface area contributed by atoms with Gasteiger partial charge in [-0.15, -0.1) is 0 Å². The largest absolute Gasteiger partial charge is 0.294 e. The summed E-state index contributed by atoms with van der Waals surface area (Å²) in [6.07, 6.45) is 5.49. The molecule has 0 saturated heterocycles. The van der Waals surface area contributed by atoms with Gasteiger partial charge < -0.3 is 0 Å². The van der Waals surface area contributed by atoms with E-state index < -0.39 is 10.1 Å². The molecule has 3 aromatic rings. The second kappa shape index (κ2) is 12.2. The Labute approximate surface area is 167 Å². The van der Waals surface area contributed by atoms with Crippen molar-refractivity contribution in [2.24, 2.45) is 0 Å². The summed E-state index contributed by atoms with van der Waals surface area (Å²) < 4.78 is 29.2. The van der Waals surface area contributed by atoms with Crippen molar-refractivity contribution < 1.29 is 13.0 Å². The summed E-state index contributed by atoms with van der Waals surface area (Å²) in [4.78, 5) is -0.0741. The van der Waals surface area contributed by atoms with E-state index in [2.05, 4.69) is 19.7 Å². The molecule has 0 bridgehead atoms. The van der Waals surface area contributed by atoms with Crippen molar-refractivity contribution >= 4 is 28.3 Å². The van der Waals surface area contributed by atoms with E-state index >= 15 is 0 Å². The van der Waals surface area contributed by atoms with Crippen LogP contribution in [0.5, 0.6) is 0 Å². The van der Waals surface area contributed by atoms with Crippen LogP contribution in [0.15, 0.2) is 110 Å². The number of benzene rings is 3. The van der Waals surface area contributed by atoms with Crippen LogP contribution in [0.25, 0.3) is 18.2 Å². The third kappa shape index (κ3) is 8.94. The van der Waals surface area contributed by atoms with Crippen LogP contribution in [0, 0.1) is 0 Å². The zero-order valence-electron chi connectivity index (χ0n) is 15.6. The van der Waals surface area contributed by atoms with Gasteiger partial charge in [-0.3, -0.25) is 4.55 Å². The average molecular weight is 393 g/mol. The van der Waals surface area contributed by atoms with Gasteiger partial charge in [0.15, 0.2) is 0 Å². The first-order valence-corrected chi connectivity index (χ1v) is 9.89. The van der Waals surface area contributed by atoms with Gasteiger partial charge >= 0.3 is 0 Å². The van der Waals surface area contributed by atoms with E-state index in [0.29, 0.717) is 0 Å². The van der Waals surface area contributed by atoms with Crippen molar-refractivity contribution in [3.8, 4) is 0 Å². The molecule has 0 amide bonds. The maximum absolute atomic E-state index is 10.4. The highest BCUT2D eigenvalue weighted by molar-refractivity contribution is 7.85. The number of rotatable bonds is 4. The normalized spacial score (nSPS) is 9.61. The quantitative estimate of drug-likeness (QED) is 0.535. The van der Waals surface area contributed by atoms with Gasteiger partial charge in [-0.05, 0) is 28.8 Å². The summed E-state index contributed by atoms with van der Waals surface area (Å²) in [6, 6.07) is 25.5. The molecule has 1 N–H and O–H groups in total. The maximum atomic E-state index is 10.4. The van der Waals surface area contributed by atoms with E-state index in [0.717, 1.165) is 11.1 Å². The summed E-state index contributed by atoms with van der Waals surface area (Å²) in [7, 11) is -4.00. The minimum atomic E-state index is -4.00. The zero-order chi connectivity index (χ0) is 20.8. The Morgan fingerprint density at radius 3 is 1.14 bits per heavy atom. The van der Waals surface area contributed by atoms with E-state index in [9.17, 15) is 8.42 Å². The molecule has 3 aromatic carbocycles. The minimum Gasteiger partial charge on any atom is -0.282 e. The van der Waals surface area contributed by atoms with Crippen LogP contribution in [0.2, 0.25) is 0 Å². The Bertz CT molecular complexity index is 932. The summed E-state index contributed by atoms with van der Waals surface area (Å²) in [5.41, 5.74) is 3.46. The molecule has 0 aliphatic rings. The van der Waals surface area contributed by atoms with E-state index in [1.54, 1.807) is 18.2 Å². The SMILES string of the molecule is C=Cc1ccc(C=C)cc1.C=Cc1ccccc1.O=S(=O)(O)c1ccccc1. The fraction of sp³-hybridized carbons (Fsp3) is 0. The molecular weight excluding hydrogens is 368 g/mol. The predicted molar refractivity (Wildman–Crippen MR) is 119 cm³/mol. The topological polar surface area (TPSA) is 54.4 Å². The average Bonchev–Trinajstić information content (AvgIpc) is 2.75. The van der Waals surface area contributed by atoms with Gasteiger partial charge in [0.05, 0.1) is 4.90 Å². The first kappa shape index (κ1) is 22.8. The lowest BCUT2D eigenvalue weighted by atomic mass is 10.1. The summed E-state index contributed by atoms with van der Waals surface area (Å²) in [5.74, 6) is 0. The van der Waals surface area contributed by atoms with Crippen molar-refractivity contribution in [2.45, 2.75) is 4.90 Å². The number of hydrogen-bond donors (Lipinski definition) is 1. The van der Waals surface area contributed by atoms with Crippen molar-refractivity contribution in [2.75, 3.05) is 0 Å². The third-order valence-corrected chi connectivity index (χ3v) is 4.35. The Morgan fingerprint density at radius 2 is 0.893 bits per heavy atom. The van der Waals surface area contributed by atoms with Crippen molar-refractivity contribution in [1.82, 2.24) is 0 Å². The van der Waals surface area contributed by atoms with Gasteiger partial charge in [0, 0.05) is 0 Å². The Kier molecular flexibility index (Phi) is 9.97. The van der Waals surface area contributed by atoms with Crippen LogP contribution < -0.4 is 0 Å². The highest BCUT2D eigenvalue weighted by Crippen LogP contribution is 2.06. The van der Waals surface area contributed by atoms with E-state index in [4.69, 9.17) is 4.55 Å². The Hall–Kier alpha value is -3.21. The third-order valence-electron chi connectivity index (χ3n) is 3.48. The summed E-state index contributed by atoms with van der Waals surface area (Å²) in [6.45, 7) is 11.0. The van der Waals surface area contributed by atoms with Crippen LogP contribution in [0.1, 0.15) is 16.7 Å². The van der Waals surface area contributed by atoms with Crippen LogP contribution in [0.4, 0.5) is 0 Å². The van der Waals surface area contributed by atoms with Gasteiger partial charge in [0.1, 0.15) is 0 Å². The maximum Gasteiger partial charge on any atom is 0.294 e. The van der Waals surface area contributed by atoms with Crippen molar-refractivity contribution in [1.29, 1.82) is 0 Å². The molecule has 0 radical (unpaired) electrons. The smallest absolute Gasteiger partial charge is 0.282 e. The van der Waals surface area contributed by atoms with Gasteiger partial charge in [0.25, 0.3) is 10.1 Å². The zero-order valence-corrected chi connectivity index (χ0v) is 16.4. The molecule has 28 heavy (non-hydrogen) atoms. The number of hydrogen-bond acceptors (Lipinski definition) is 2. The van der Waals surface area contributed by atoms with Crippen molar-refractivity contribution in [3.05, 3.63) is 121 Å².